The van der Waals surface area contributed by atoms with Crippen LogP contribution in [0.25, 0.3) is 0 Å². The van der Waals surface area contributed by atoms with Crippen LogP contribution in [0.1, 0.15) is 24.9 Å². The van der Waals surface area contributed by atoms with Crippen LogP contribution in [0.3, 0.4) is 0 Å². The van der Waals surface area contributed by atoms with Gasteiger partial charge in [0, 0.05) is 9.99 Å². The number of rotatable bonds is 4. The van der Waals surface area contributed by atoms with Crippen LogP contribution in [0, 0.1) is 9.39 Å². The Kier molecular flexibility index (Phi) is 4.39. The normalized spacial score (nSPS) is 16.5. The van der Waals surface area contributed by atoms with E-state index in [9.17, 15) is 4.39 Å². The summed E-state index contributed by atoms with van der Waals surface area (Å²) in [6.45, 7) is 3.65. The Morgan fingerprint density at radius 3 is 2.94 bits per heavy atom. The van der Waals surface area contributed by atoms with Gasteiger partial charge in [0.25, 0.3) is 0 Å². The van der Waals surface area contributed by atoms with Gasteiger partial charge >= 0.3 is 0 Å². The Morgan fingerprint density at radius 1 is 1.53 bits per heavy atom. The standard InChI is InChI=1S/C13H15FINO/c1-2-16-13(12-4-3-7-17-12)10-6-5-9(14)8-11(10)15/h4-6,8,13,16H,2-3,7H2,1H3. The van der Waals surface area contributed by atoms with Crippen LogP contribution in [0.2, 0.25) is 0 Å². The molecule has 1 aromatic carbocycles. The highest BCUT2D eigenvalue weighted by Crippen LogP contribution is 2.29. The summed E-state index contributed by atoms with van der Waals surface area (Å²) in [4.78, 5) is 0. The van der Waals surface area contributed by atoms with E-state index in [1.807, 2.05) is 6.07 Å². The van der Waals surface area contributed by atoms with Crippen molar-refractivity contribution >= 4 is 22.6 Å². The average Bonchev–Trinajstić information content (AvgIpc) is 2.80. The lowest BCUT2D eigenvalue weighted by molar-refractivity contribution is 0.216. The van der Waals surface area contributed by atoms with Gasteiger partial charge in [0.2, 0.25) is 0 Å². The monoisotopic (exact) mass is 347 g/mol. The molecule has 0 fully saturated rings. The number of hydrogen-bond donors (Lipinski definition) is 1. The van der Waals surface area contributed by atoms with E-state index in [2.05, 4.69) is 40.9 Å². The van der Waals surface area contributed by atoms with Crippen molar-refractivity contribution in [2.75, 3.05) is 13.2 Å². The molecule has 1 N–H and O–H groups in total. The highest BCUT2D eigenvalue weighted by Gasteiger charge is 2.21. The first-order valence-corrected chi connectivity index (χ1v) is 6.81. The lowest BCUT2D eigenvalue weighted by atomic mass is 10.0. The predicted octanol–water partition coefficient (Wildman–Crippen LogP) is 3.39. The van der Waals surface area contributed by atoms with Crippen LogP contribution in [-0.2, 0) is 4.74 Å². The number of likely N-dealkylation sites (N-methyl/N-ethyl adjacent to an activating group) is 1. The van der Waals surface area contributed by atoms with Crippen molar-refractivity contribution in [3.63, 3.8) is 0 Å². The Hall–Kier alpha value is -0.620. The third kappa shape index (κ3) is 2.98. The molecule has 1 aliphatic rings. The van der Waals surface area contributed by atoms with Gasteiger partial charge in [-0.3, -0.25) is 0 Å². The number of nitrogens with one attached hydrogen (secondary N) is 1. The van der Waals surface area contributed by atoms with E-state index in [0.717, 1.165) is 34.5 Å². The van der Waals surface area contributed by atoms with Crippen molar-refractivity contribution in [3.8, 4) is 0 Å². The van der Waals surface area contributed by atoms with Crippen molar-refractivity contribution in [2.45, 2.75) is 19.4 Å². The molecule has 0 aliphatic carbocycles. The average molecular weight is 347 g/mol. The molecule has 2 nitrogen and oxygen atoms in total. The van der Waals surface area contributed by atoms with Crippen molar-refractivity contribution < 1.29 is 9.13 Å². The molecule has 0 aromatic heterocycles. The molecule has 0 spiro atoms. The Labute approximate surface area is 114 Å². The number of ether oxygens (including phenoxy) is 1. The smallest absolute Gasteiger partial charge is 0.124 e. The van der Waals surface area contributed by atoms with E-state index in [4.69, 9.17) is 4.74 Å². The molecule has 1 aliphatic heterocycles. The molecule has 0 radical (unpaired) electrons. The zero-order valence-electron chi connectivity index (χ0n) is 9.67. The van der Waals surface area contributed by atoms with Gasteiger partial charge in [-0.05, 0) is 52.9 Å². The summed E-state index contributed by atoms with van der Waals surface area (Å²) in [6.07, 6.45) is 3.06. The molecule has 1 atom stereocenters. The van der Waals surface area contributed by atoms with Gasteiger partial charge in [-0.2, -0.15) is 0 Å². The van der Waals surface area contributed by atoms with E-state index in [1.54, 1.807) is 6.07 Å². The van der Waals surface area contributed by atoms with Crippen molar-refractivity contribution in [1.29, 1.82) is 0 Å². The maximum Gasteiger partial charge on any atom is 0.124 e. The molecule has 92 valence electrons. The first-order valence-electron chi connectivity index (χ1n) is 5.73. The Balaban J connectivity index is 2.31. The molecular weight excluding hydrogens is 332 g/mol. The first kappa shape index (κ1) is 12.8. The van der Waals surface area contributed by atoms with Crippen LogP contribution in [0.4, 0.5) is 4.39 Å². The number of benzene rings is 1. The van der Waals surface area contributed by atoms with Crippen LogP contribution in [0.5, 0.6) is 0 Å². The lowest BCUT2D eigenvalue weighted by Crippen LogP contribution is -2.24. The van der Waals surface area contributed by atoms with Gasteiger partial charge in [0.15, 0.2) is 0 Å². The Bertz CT molecular complexity index is 433. The van der Waals surface area contributed by atoms with E-state index < -0.39 is 0 Å². The molecular formula is C13H15FINO. The summed E-state index contributed by atoms with van der Waals surface area (Å²) in [5.74, 6) is 0.756. The molecule has 0 saturated heterocycles. The van der Waals surface area contributed by atoms with Crippen molar-refractivity contribution in [1.82, 2.24) is 5.32 Å². The van der Waals surface area contributed by atoms with Crippen LogP contribution in [0.15, 0.2) is 30.0 Å². The number of hydrogen-bond acceptors (Lipinski definition) is 2. The van der Waals surface area contributed by atoms with Crippen molar-refractivity contribution in [3.05, 3.63) is 45.0 Å². The molecule has 0 bridgehead atoms. The zero-order chi connectivity index (χ0) is 12.3. The quantitative estimate of drug-likeness (QED) is 0.844. The fourth-order valence-corrected chi connectivity index (χ4v) is 2.73. The highest BCUT2D eigenvalue weighted by atomic mass is 127. The largest absolute Gasteiger partial charge is 0.496 e. The van der Waals surface area contributed by atoms with Gasteiger partial charge in [0.05, 0.1) is 12.6 Å². The van der Waals surface area contributed by atoms with Gasteiger partial charge in [-0.1, -0.05) is 13.0 Å². The van der Waals surface area contributed by atoms with E-state index in [1.165, 1.54) is 6.07 Å². The summed E-state index contributed by atoms with van der Waals surface area (Å²) in [5, 5.41) is 3.38. The van der Waals surface area contributed by atoms with Gasteiger partial charge in [-0.15, -0.1) is 0 Å². The highest BCUT2D eigenvalue weighted by molar-refractivity contribution is 14.1. The third-order valence-corrected chi connectivity index (χ3v) is 3.63. The topological polar surface area (TPSA) is 21.3 Å². The van der Waals surface area contributed by atoms with Gasteiger partial charge < -0.3 is 10.1 Å². The van der Waals surface area contributed by atoms with Gasteiger partial charge in [-0.25, -0.2) is 4.39 Å². The molecule has 0 saturated carbocycles. The summed E-state index contributed by atoms with van der Waals surface area (Å²) >= 11 is 2.16. The fraction of sp³-hybridized carbons (Fsp3) is 0.385. The summed E-state index contributed by atoms with van der Waals surface area (Å²) in [7, 11) is 0. The van der Waals surface area contributed by atoms with E-state index in [-0.39, 0.29) is 11.9 Å². The summed E-state index contributed by atoms with van der Waals surface area (Å²) < 4.78 is 19.6. The van der Waals surface area contributed by atoms with Crippen LogP contribution in [-0.4, -0.2) is 13.2 Å². The lowest BCUT2D eigenvalue weighted by Gasteiger charge is -2.20. The van der Waals surface area contributed by atoms with Crippen LogP contribution >= 0.6 is 22.6 Å². The summed E-state index contributed by atoms with van der Waals surface area (Å²) in [5.41, 5.74) is 1.07. The van der Waals surface area contributed by atoms with E-state index in [0.29, 0.717) is 0 Å². The molecule has 1 aromatic rings. The molecule has 1 unspecified atom stereocenters. The molecule has 1 heterocycles. The molecule has 0 amide bonds. The first-order chi connectivity index (χ1) is 8.22. The van der Waals surface area contributed by atoms with Crippen LogP contribution < -0.4 is 5.32 Å². The maximum absolute atomic E-state index is 13.1. The minimum absolute atomic E-state index is 0.0370. The predicted molar refractivity (Wildman–Crippen MR) is 74.2 cm³/mol. The minimum atomic E-state index is -0.199. The van der Waals surface area contributed by atoms with Crippen molar-refractivity contribution in [2.24, 2.45) is 0 Å². The second-order valence-corrected chi connectivity index (χ2v) is 5.06. The Morgan fingerprint density at radius 2 is 2.35 bits per heavy atom. The second kappa shape index (κ2) is 5.82. The minimum Gasteiger partial charge on any atom is -0.496 e. The maximum atomic E-state index is 13.1. The molecule has 17 heavy (non-hydrogen) atoms. The SMILES string of the molecule is CCNC(C1=CCCO1)c1ccc(F)cc1I. The molecule has 2 rings (SSSR count). The zero-order valence-corrected chi connectivity index (χ0v) is 11.8. The third-order valence-electron chi connectivity index (χ3n) is 2.70. The fourth-order valence-electron chi connectivity index (χ4n) is 1.94. The van der Waals surface area contributed by atoms with Gasteiger partial charge in [0.1, 0.15) is 11.6 Å². The number of halogens is 2. The second-order valence-electron chi connectivity index (χ2n) is 3.90. The van der Waals surface area contributed by atoms with E-state index >= 15 is 0 Å². The molecule has 4 heteroatoms. The summed E-state index contributed by atoms with van der Waals surface area (Å²) in [6, 6.07) is 4.91.